The van der Waals surface area contributed by atoms with Gasteiger partial charge in [0.05, 0.1) is 0 Å². The Hall–Kier alpha value is -1.84. The van der Waals surface area contributed by atoms with Crippen molar-refractivity contribution in [3.63, 3.8) is 0 Å². The molecule has 0 atom stereocenters. The van der Waals surface area contributed by atoms with Crippen LogP contribution in [0.2, 0.25) is 0 Å². The smallest absolute Gasteiger partial charge is 0.247 e. The maximum absolute atomic E-state index is 8.99. The van der Waals surface area contributed by atoms with Crippen molar-refractivity contribution in [3.8, 4) is 17.2 Å². The molecule has 0 saturated heterocycles. The first kappa shape index (κ1) is 6.84. The van der Waals surface area contributed by atoms with E-state index in [-0.39, 0.29) is 5.75 Å². The van der Waals surface area contributed by atoms with Gasteiger partial charge in [0.1, 0.15) is 5.75 Å². The fraction of sp³-hybridized carbons (Fsp3) is 0. The Morgan fingerprint density at radius 3 is 2.50 bits per heavy atom. The highest BCUT2D eigenvalue weighted by Crippen LogP contribution is 2.18. The van der Waals surface area contributed by atoms with Crippen LogP contribution in [0.1, 0.15) is 0 Å². The fourth-order valence-corrected chi connectivity index (χ4v) is 0.903. The first-order valence-electron chi connectivity index (χ1n) is 3.42. The summed E-state index contributed by atoms with van der Waals surface area (Å²) in [6, 6.07) is 6.56. The van der Waals surface area contributed by atoms with Crippen LogP contribution in [0.15, 0.2) is 35.1 Å². The van der Waals surface area contributed by atoms with Crippen LogP contribution in [-0.4, -0.2) is 15.3 Å². The topological polar surface area (TPSA) is 59.2 Å². The maximum Gasteiger partial charge on any atom is 0.247 e. The second-order valence-electron chi connectivity index (χ2n) is 2.29. The Kier molecular flexibility index (Phi) is 1.51. The van der Waals surface area contributed by atoms with Gasteiger partial charge in [0.25, 0.3) is 0 Å². The molecule has 0 radical (unpaired) electrons. The Labute approximate surface area is 68.5 Å². The van der Waals surface area contributed by atoms with Crippen LogP contribution in [0, 0.1) is 0 Å². The minimum Gasteiger partial charge on any atom is -0.508 e. The van der Waals surface area contributed by atoms with E-state index in [4.69, 9.17) is 9.52 Å². The van der Waals surface area contributed by atoms with Gasteiger partial charge in [-0.1, -0.05) is 0 Å². The number of aromatic nitrogens is 2. The van der Waals surface area contributed by atoms with E-state index >= 15 is 0 Å². The zero-order valence-corrected chi connectivity index (χ0v) is 6.14. The minimum atomic E-state index is 0.221. The van der Waals surface area contributed by atoms with Gasteiger partial charge in [-0.2, -0.15) is 0 Å². The minimum absolute atomic E-state index is 0.221. The first-order valence-corrected chi connectivity index (χ1v) is 3.42. The van der Waals surface area contributed by atoms with Gasteiger partial charge in [-0.15, -0.1) is 10.2 Å². The molecule has 0 saturated carbocycles. The highest BCUT2D eigenvalue weighted by atomic mass is 16.4. The summed E-state index contributed by atoms with van der Waals surface area (Å²) < 4.78 is 4.96. The molecule has 1 aromatic carbocycles. The highest BCUT2D eigenvalue weighted by Gasteiger charge is 2.01. The molecule has 0 spiro atoms. The van der Waals surface area contributed by atoms with Gasteiger partial charge in [-0.3, -0.25) is 0 Å². The molecular formula is C8H6N2O2. The normalized spacial score (nSPS) is 10.0. The Bertz CT molecular complexity index is 353. The number of nitrogens with zero attached hydrogens (tertiary/aromatic N) is 2. The van der Waals surface area contributed by atoms with Crippen molar-refractivity contribution in [3.05, 3.63) is 30.7 Å². The predicted octanol–water partition coefficient (Wildman–Crippen LogP) is 1.44. The molecule has 60 valence electrons. The lowest BCUT2D eigenvalue weighted by atomic mass is 10.2. The van der Waals surface area contributed by atoms with Gasteiger partial charge in [0.15, 0.2) is 0 Å². The van der Waals surface area contributed by atoms with Gasteiger partial charge < -0.3 is 9.52 Å². The molecule has 1 N–H and O–H groups in total. The SMILES string of the molecule is Oc1ccc(-c2nnco2)cc1. The maximum atomic E-state index is 8.99. The standard InChI is InChI=1S/C8H6N2O2/c11-7-3-1-6(2-4-7)8-10-9-5-12-8/h1-5,11H. The molecule has 2 aromatic rings. The average Bonchev–Trinajstić information content (AvgIpc) is 2.58. The van der Waals surface area contributed by atoms with E-state index < -0.39 is 0 Å². The molecule has 0 bridgehead atoms. The van der Waals surface area contributed by atoms with E-state index in [1.807, 2.05) is 0 Å². The third-order valence-corrected chi connectivity index (χ3v) is 1.47. The van der Waals surface area contributed by atoms with Crippen molar-refractivity contribution in [2.24, 2.45) is 0 Å². The van der Waals surface area contributed by atoms with Crippen molar-refractivity contribution in [2.75, 3.05) is 0 Å². The van der Waals surface area contributed by atoms with E-state index in [0.29, 0.717) is 5.89 Å². The molecule has 0 fully saturated rings. The lowest BCUT2D eigenvalue weighted by Gasteiger charge is -1.93. The number of hydrogen-bond donors (Lipinski definition) is 1. The van der Waals surface area contributed by atoms with Gasteiger partial charge in [0.2, 0.25) is 12.3 Å². The summed E-state index contributed by atoms with van der Waals surface area (Å²) in [5, 5.41) is 16.2. The summed E-state index contributed by atoms with van der Waals surface area (Å²) in [5.41, 5.74) is 0.797. The van der Waals surface area contributed by atoms with Crippen LogP contribution in [0.25, 0.3) is 11.5 Å². The number of phenols is 1. The molecule has 0 aliphatic rings. The zero-order valence-electron chi connectivity index (χ0n) is 6.14. The van der Waals surface area contributed by atoms with Crippen molar-refractivity contribution in [1.82, 2.24) is 10.2 Å². The number of phenolic OH excluding ortho intramolecular Hbond substituents is 1. The number of benzene rings is 1. The van der Waals surface area contributed by atoms with Gasteiger partial charge in [-0.05, 0) is 24.3 Å². The fourth-order valence-electron chi connectivity index (χ4n) is 0.903. The van der Waals surface area contributed by atoms with Crippen LogP contribution in [0.4, 0.5) is 0 Å². The van der Waals surface area contributed by atoms with E-state index in [0.717, 1.165) is 5.56 Å². The molecule has 0 aliphatic carbocycles. The second-order valence-corrected chi connectivity index (χ2v) is 2.29. The van der Waals surface area contributed by atoms with Gasteiger partial charge in [-0.25, -0.2) is 0 Å². The van der Waals surface area contributed by atoms with Crippen LogP contribution in [-0.2, 0) is 0 Å². The lowest BCUT2D eigenvalue weighted by molar-refractivity contribution is 0.475. The van der Waals surface area contributed by atoms with Crippen LogP contribution in [0.5, 0.6) is 5.75 Å². The molecule has 4 nitrogen and oxygen atoms in total. The quantitative estimate of drug-likeness (QED) is 0.689. The van der Waals surface area contributed by atoms with Crippen molar-refractivity contribution >= 4 is 0 Å². The molecule has 2 rings (SSSR count). The molecule has 0 aliphatic heterocycles. The lowest BCUT2D eigenvalue weighted by Crippen LogP contribution is -1.76. The summed E-state index contributed by atoms with van der Waals surface area (Å²) in [7, 11) is 0. The number of aromatic hydroxyl groups is 1. The van der Waals surface area contributed by atoms with Crippen molar-refractivity contribution in [2.45, 2.75) is 0 Å². The molecule has 12 heavy (non-hydrogen) atoms. The third-order valence-electron chi connectivity index (χ3n) is 1.47. The number of rotatable bonds is 1. The summed E-state index contributed by atoms with van der Waals surface area (Å²) >= 11 is 0. The second kappa shape index (κ2) is 2.65. The summed E-state index contributed by atoms with van der Waals surface area (Å²) in [6.45, 7) is 0. The summed E-state index contributed by atoms with van der Waals surface area (Å²) in [6.07, 6.45) is 1.27. The average molecular weight is 162 g/mol. The molecular weight excluding hydrogens is 156 g/mol. The Morgan fingerprint density at radius 2 is 1.92 bits per heavy atom. The summed E-state index contributed by atoms with van der Waals surface area (Å²) in [5.74, 6) is 0.674. The Balaban J connectivity index is 2.43. The van der Waals surface area contributed by atoms with Crippen molar-refractivity contribution < 1.29 is 9.52 Å². The Morgan fingerprint density at radius 1 is 1.17 bits per heavy atom. The molecule has 0 amide bonds. The van der Waals surface area contributed by atoms with E-state index in [2.05, 4.69) is 10.2 Å². The third kappa shape index (κ3) is 1.14. The van der Waals surface area contributed by atoms with Crippen LogP contribution >= 0.6 is 0 Å². The molecule has 0 unspecified atom stereocenters. The van der Waals surface area contributed by atoms with E-state index in [9.17, 15) is 0 Å². The van der Waals surface area contributed by atoms with Crippen LogP contribution in [0.3, 0.4) is 0 Å². The van der Waals surface area contributed by atoms with E-state index in [1.165, 1.54) is 6.39 Å². The van der Waals surface area contributed by atoms with Gasteiger partial charge in [0, 0.05) is 5.56 Å². The molecule has 4 heteroatoms. The molecule has 1 aromatic heterocycles. The first-order chi connectivity index (χ1) is 5.86. The number of hydrogen-bond acceptors (Lipinski definition) is 4. The van der Waals surface area contributed by atoms with Crippen molar-refractivity contribution in [1.29, 1.82) is 0 Å². The predicted molar refractivity (Wildman–Crippen MR) is 41.4 cm³/mol. The van der Waals surface area contributed by atoms with Crippen LogP contribution < -0.4 is 0 Å². The largest absolute Gasteiger partial charge is 0.508 e. The zero-order chi connectivity index (χ0) is 8.39. The highest BCUT2D eigenvalue weighted by molar-refractivity contribution is 5.53. The monoisotopic (exact) mass is 162 g/mol. The van der Waals surface area contributed by atoms with E-state index in [1.54, 1.807) is 24.3 Å². The summed E-state index contributed by atoms with van der Waals surface area (Å²) in [4.78, 5) is 0. The van der Waals surface area contributed by atoms with Gasteiger partial charge >= 0.3 is 0 Å². The molecule has 1 heterocycles.